The fraction of sp³-hybridized carbons (Fsp3) is 0.342. The molecule has 262 valence electrons. The molecule has 10 nitrogen and oxygen atoms in total. The van der Waals surface area contributed by atoms with Crippen LogP contribution in [0, 0.1) is 18.8 Å². The Morgan fingerprint density at radius 1 is 0.920 bits per heavy atom. The molecule has 3 aromatic carbocycles. The molecule has 0 spiro atoms. The van der Waals surface area contributed by atoms with Crippen LogP contribution in [0.1, 0.15) is 48.7 Å². The predicted molar refractivity (Wildman–Crippen MR) is 200 cm³/mol. The van der Waals surface area contributed by atoms with E-state index < -0.39 is 16.0 Å². The zero-order valence-electron chi connectivity index (χ0n) is 28.8. The number of esters is 1. The van der Waals surface area contributed by atoms with Crippen molar-refractivity contribution in [3.63, 3.8) is 0 Å². The second-order valence-corrected chi connectivity index (χ2v) is 15.1. The first-order chi connectivity index (χ1) is 24.1. The van der Waals surface area contributed by atoms with Gasteiger partial charge in [0.1, 0.15) is 16.3 Å². The maximum Gasteiger partial charge on any atom is 0.341 e. The van der Waals surface area contributed by atoms with E-state index in [4.69, 9.17) is 26.3 Å². The van der Waals surface area contributed by atoms with Gasteiger partial charge in [-0.05, 0) is 87.8 Å². The number of ether oxygens (including phenoxy) is 1. The lowest BCUT2D eigenvalue weighted by Gasteiger charge is -2.29. The van der Waals surface area contributed by atoms with Crippen molar-refractivity contribution >= 4 is 50.3 Å². The molecule has 50 heavy (non-hydrogen) atoms. The quantitative estimate of drug-likeness (QED) is 0.128. The van der Waals surface area contributed by atoms with Gasteiger partial charge in [-0.25, -0.2) is 22.9 Å². The van der Waals surface area contributed by atoms with E-state index in [9.17, 15) is 13.2 Å². The minimum Gasteiger partial charge on any atom is -0.462 e. The number of nitrogens with one attached hydrogen (secondary N) is 2. The van der Waals surface area contributed by atoms with Crippen molar-refractivity contribution in [1.82, 2.24) is 19.3 Å². The zero-order chi connectivity index (χ0) is 35.4. The second kappa shape index (κ2) is 15.2. The summed E-state index contributed by atoms with van der Waals surface area (Å²) < 4.78 is 38.9. The summed E-state index contributed by atoms with van der Waals surface area (Å²) in [5, 5.41) is 4.98. The van der Waals surface area contributed by atoms with Gasteiger partial charge in [-0.2, -0.15) is 4.98 Å². The zero-order valence-corrected chi connectivity index (χ0v) is 30.4. The van der Waals surface area contributed by atoms with E-state index in [0.717, 1.165) is 54.6 Å². The summed E-state index contributed by atoms with van der Waals surface area (Å²) in [6.45, 7) is 4.57. The molecule has 1 aliphatic carbocycles. The van der Waals surface area contributed by atoms with Crippen LogP contribution in [-0.2, 0) is 14.8 Å². The van der Waals surface area contributed by atoms with Crippen molar-refractivity contribution in [2.45, 2.75) is 44.4 Å². The van der Waals surface area contributed by atoms with Crippen molar-refractivity contribution in [1.29, 1.82) is 0 Å². The molecule has 5 aromatic rings. The van der Waals surface area contributed by atoms with Gasteiger partial charge in [0.25, 0.3) is 0 Å². The molecular weight excluding hydrogens is 672 g/mol. The average molecular weight is 715 g/mol. The van der Waals surface area contributed by atoms with Gasteiger partial charge in [0, 0.05) is 54.5 Å². The molecule has 0 radical (unpaired) electrons. The molecule has 6 rings (SSSR count). The average Bonchev–Trinajstić information content (AvgIpc) is 3.44. The smallest absolute Gasteiger partial charge is 0.341 e. The van der Waals surface area contributed by atoms with Crippen LogP contribution in [0.4, 0.5) is 11.8 Å². The van der Waals surface area contributed by atoms with Gasteiger partial charge in [-0.3, -0.25) is 0 Å². The van der Waals surface area contributed by atoms with Crippen LogP contribution >= 0.6 is 11.6 Å². The highest BCUT2D eigenvalue weighted by atomic mass is 35.5. The van der Waals surface area contributed by atoms with Gasteiger partial charge < -0.3 is 19.5 Å². The first-order valence-corrected chi connectivity index (χ1v) is 18.8. The number of fused-ring (bicyclic) bond motifs is 1. The fourth-order valence-electron chi connectivity index (χ4n) is 6.79. The monoisotopic (exact) mass is 714 g/mol. The molecule has 1 fully saturated rings. The normalized spacial score (nSPS) is 16.3. The van der Waals surface area contributed by atoms with Crippen LogP contribution in [-0.4, -0.2) is 62.7 Å². The Hall–Kier alpha value is -4.45. The van der Waals surface area contributed by atoms with Crippen molar-refractivity contribution in [2.75, 3.05) is 44.0 Å². The summed E-state index contributed by atoms with van der Waals surface area (Å²) in [4.78, 5) is 24.9. The highest BCUT2D eigenvalue weighted by molar-refractivity contribution is 7.89. The molecule has 0 saturated heterocycles. The Morgan fingerprint density at radius 2 is 1.56 bits per heavy atom. The Kier molecular flexibility index (Phi) is 10.8. The molecule has 0 unspecified atom stereocenters. The molecule has 2 heterocycles. The van der Waals surface area contributed by atoms with E-state index in [-0.39, 0.29) is 29.5 Å². The van der Waals surface area contributed by atoms with Gasteiger partial charge in [-0.1, -0.05) is 54.1 Å². The lowest BCUT2D eigenvalue weighted by atomic mass is 9.82. The lowest BCUT2D eigenvalue weighted by molar-refractivity contribution is 0.0521. The third kappa shape index (κ3) is 7.50. The molecule has 0 aliphatic heterocycles. The van der Waals surface area contributed by atoms with Gasteiger partial charge in [0.05, 0.1) is 17.8 Å². The SMILES string of the molecule is CCOC(=O)c1c(S(=O)(=O)NCC2CCC(CNc3nc(N(C)C)c4ccccc4n3)CC2)c(-c2ccc(Cl)cc2)n(-c2ccccc2)c1C. The number of hydrogen-bond acceptors (Lipinski definition) is 8. The number of para-hydroxylation sites is 2. The summed E-state index contributed by atoms with van der Waals surface area (Å²) in [5.41, 5.74) is 3.10. The Bertz CT molecular complexity index is 2080. The molecule has 2 N–H and O–H groups in total. The van der Waals surface area contributed by atoms with Crippen molar-refractivity contribution in [2.24, 2.45) is 11.8 Å². The Balaban J connectivity index is 1.20. The van der Waals surface area contributed by atoms with E-state index >= 15 is 0 Å². The summed E-state index contributed by atoms with van der Waals surface area (Å²) in [6, 6.07) is 24.3. The third-order valence-electron chi connectivity index (χ3n) is 9.33. The summed E-state index contributed by atoms with van der Waals surface area (Å²) >= 11 is 6.23. The van der Waals surface area contributed by atoms with Crippen LogP contribution in [0.25, 0.3) is 27.8 Å². The minimum absolute atomic E-state index is 0.0243. The number of carbonyl (C=O) groups excluding carboxylic acids is 1. The van der Waals surface area contributed by atoms with Crippen LogP contribution < -0.4 is 14.9 Å². The van der Waals surface area contributed by atoms with E-state index in [2.05, 4.69) is 10.0 Å². The van der Waals surface area contributed by atoms with Crippen molar-refractivity contribution < 1.29 is 17.9 Å². The molecule has 1 aliphatic rings. The van der Waals surface area contributed by atoms with E-state index in [1.54, 1.807) is 38.1 Å². The van der Waals surface area contributed by atoms with E-state index in [0.29, 0.717) is 33.8 Å². The molecule has 1 saturated carbocycles. The third-order valence-corrected chi connectivity index (χ3v) is 11.1. The molecule has 12 heteroatoms. The number of halogens is 1. The topological polar surface area (TPSA) is 118 Å². The second-order valence-electron chi connectivity index (χ2n) is 12.9. The van der Waals surface area contributed by atoms with Crippen LogP contribution in [0.2, 0.25) is 5.02 Å². The van der Waals surface area contributed by atoms with Gasteiger partial charge in [0.15, 0.2) is 0 Å². The van der Waals surface area contributed by atoms with Gasteiger partial charge in [-0.15, -0.1) is 0 Å². The number of aromatic nitrogens is 3. The summed E-state index contributed by atoms with van der Waals surface area (Å²) in [6.07, 6.45) is 3.63. The minimum atomic E-state index is -4.18. The highest BCUT2D eigenvalue weighted by Gasteiger charge is 2.36. The van der Waals surface area contributed by atoms with E-state index in [1.165, 1.54) is 0 Å². The number of carbonyl (C=O) groups is 1. The lowest BCUT2D eigenvalue weighted by Crippen LogP contribution is -2.33. The van der Waals surface area contributed by atoms with Gasteiger partial charge in [0.2, 0.25) is 16.0 Å². The predicted octanol–water partition coefficient (Wildman–Crippen LogP) is 7.49. The number of hydrogen-bond donors (Lipinski definition) is 2. The largest absolute Gasteiger partial charge is 0.462 e. The maximum absolute atomic E-state index is 14.4. The van der Waals surface area contributed by atoms with Crippen LogP contribution in [0.5, 0.6) is 0 Å². The molecule has 0 bridgehead atoms. The van der Waals surface area contributed by atoms with Crippen LogP contribution in [0.3, 0.4) is 0 Å². The highest BCUT2D eigenvalue weighted by Crippen LogP contribution is 2.39. The molecule has 0 amide bonds. The van der Waals surface area contributed by atoms with Crippen molar-refractivity contribution in [3.05, 3.63) is 95.1 Å². The van der Waals surface area contributed by atoms with Gasteiger partial charge >= 0.3 is 5.97 Å². The first-order valence-electron chi connectivity index (χ1n) is 17.0. The Morgan fingerprint density at radius 3 is 2.22 bits per heavy atom. The maximum atomic E-state index is 14.4. The number of nitrogens with zero attached hydrogens (tertiary/aromatic N) is 4. The number of anilines is 2. The van der Waals surface area contributed by atoms with Crippen LogP contribution in [0.15, 0.2) is 83.8 Å². The molecule has 0 atom stereocenters. The number of rotatable bonds is 12. The summed E-state index contributed by atoms with van der Waals surface area (Å²) in [7, 11) is -0.226. The van der Waals surface area contributed by atoms with E-state index in [1.807, 2.05) is 78.2 Å². The van der Waals surface area contributed by atoms with Crippen molar-refractivity contribution in [3.8, 4) is 16.9 Å². The Labute approximate surface area is 298 Å². The first kappa shape index (κ1) is 35.4. The number of benzene rings is 3. The number of sulfonamides is 1. The molecule has 2 aromatic heterocycles. The molecular formula is C38H43ClN6O4S. The summed E-state index contributed by atoms with van der Waals surface area (Å²) in [5.74, 6) is 1.36. The standard InChI is InChI=1S/C38H43ClN6O4S/c1-5-49-37(46)33-25(2)45(30-11-7-6-8-12-30)34(28-19-21-29(39)22-20-28)35(33)50(47,48)41-24-27-17-15-26(16-18-27)23-40-38-42-32-14-10-9-13-31(32)36(43-38)44(3)4/h6-14,19-22,26-27,41H,5,15-18,23-24H2,1-4H3,(H,40,42,43). The fourth-order valence-corrected chi connectivity index (χ4v) is 8.48.